The average Bonchev–Trinajstić information content (AvgIpc) is 2.57. The van der Waals surface area contributed by atoms with Gasteiger partial charge in [-0.25, -0.2) is 0 Å². The maximum atomic E-state index is 5.89. The number of hydrogen-bond acceptors (Lipinski definition) is 4. The van der Waals surface area contributed by atoms with E-state index in [2.05, 4.69) is 24.2 Å². The first-order valence-corrected chi connectivity index (χ1v) is 9.54. The molecule has 144 valence electrons. The molecule has 0 aliphatic heterocycles. The number of aliphatic imine (C=N–C) groups is 1. The minimum absolute atomic E-state index is 0. The molecule has 1 rings (SSSR count). The number of halogens is 1. The molecule has 1 aromatic rings. The lowest BCUT2D eigenvalue weighted by molar-refractivity contribution is 0.354. The Bertz CT molecular complexity index is 513. The third kappa shape index (κ3) is 10.7. The molecule has 0 unspecified atom stereocenters. The normalized spacial score (nSPS) is 11.2. The van der Waals surface area contributed by atoms with Crippen LogP contribution in [0, 0.1) is 5.92 Å². The van der Waals surface area contributed by atoms with Gasteiger partial charge in [0.25, 0.3) is 0 Å². The van der Waals surface area contributed by atoms with Crippen molar-refractivity contribution in [3.63, 3.8) is 0 Å². The minimum Gasteiger partial charge on any atom is -0.493 e. The maximum absolute atomic E-state index is 5.89. The molecule has 1 aromatic carbocycles. The van der Waals surface area contributed by atoms with Crippen LogP contribution in [0.25, 0.3) is 0 Å². The lowest BCUT2D eigenvalue weighted by atomic mass is 10.1. The van der Waals surface area contributed by atoms with E-state index in [1.165, 1.54) is 5.75 Å². The van der Waals surface area contributed by atoms with Crippen molar-refractivity contribution in [1.29, 1.82) is 0 Å². The van der Waals surface area contributed by atoms with E-state index < -0.39 is 0 Å². The Morgan fingerprint density at radius 2 is 1.96 bits per heavy atom. The second-order valence-electron chi connectivity index (χ2n) is 5.96. The van der Waals surface area contributed by atoms with Crippen molar-refractivity contribution in [2.45, 2.75) is 26.7 Å². The van der Waals surface area contributed by atoms with Crippen molar-refractivity contribution in [1.82, 2.24) is 5.32 Å². The fourth-order valence-electron chi connectivity index (χ4n) is 2.11. The van der Waals surface area contributed by atoms with Crippen LogP contribution in [0.4, 0.5) is 0 Å². The summed E-state index contributed by atoms with van der Waals surface area (Å²) >= 11 is 1.98. The first kappa shape index (κ1) is 24.2. The molecule has 0 fully saturated rings. The van der Waals surface area contributed by atoms with E-state index >= 15 is 0 Å². The van der Waals surface area contributed by atoms with Gasteiger partial charge < -0.3 is 20.5 Å². The lowest BCUT2D eigenvalue weighted by Crippen LogP contribution is -2.33. The van der Waals surface area contributed by atoms with Crippen molar-refractivity contribution in [2.24, 2.45) is 16.6 Å². The summed E-state index contributed by atoms with van der Waals surface area (Å²) in [7, 11) is 3.28. The molecule has 0 saturated carbocycles. The highest BCUT2D eigenvalue weighted by Crippen LogP contribution is 2.27. The second kappa shape index (κ2) is 14.4. The third-order valence-electron chi connectivity index (χ3n) is 3.35. The van der Waals surface area contributed by atoms with Crippen LogP contribution in [0.1, 0.15) is 25.8 Å². The van der Waals surface area contributed by atoms with Crippen LogP contribution in [0.3, 0.4) is 0 Å². The summed E-state index contributed by atoms with van der Waals surface area (Å²) in [5.41, 5.74) is 7.05. The van der Waals surface area contributed by atoms with Gasteiger partial charge in [-0.05, 0) is 48.0 Å². The Balaban J connectivity index is 0.00000576. The highest BCUT2D eigenvalue weighted by atomic mass is 127. The summed E-state index contributed by atoms with van der Waals surface area (Å²) in [5, 5.41) is 3.16. The number of thioether (sulfide) groups is 1. The first-order chi connectivity index (χ1) is 11.6. The van der Waals surface area contributed by atoms with Crippen LogP contribution in [-0.4, -0.2) is 44.8 Å². The van der Waals surface area contributed by atoms with E-state index in [9.17, 15) is 0 Å². The van der Waals surface area contributed by atoms with Crippen molar-refractivity contribution < 1.29 is 9.47 Å². The van der Waals surface area contributed by atoms with E-state index in [0.29, 0.717) is 5.96 Å². The lowest BCUT2D eigenvalue weighted by Gasteiger charge is -2.10. The molecule has 0 aliphatic rings. The molecule has 0 aliphatic carbocycles. The fourth-order valence-corrected chi connectivity index (χ4v) is 3.08. The summed E-state index contributed by atoms with van der Waals surface area (Å²) in [6, 6.07) is 5.93. The molecule has 0 aromatic heterocycles. The van der Waals surface area contributed by atoms with Crippen LogP contribution in [0.2, 0.25) is 0 Å². The SMILES string of the molecule is COc1ccc(CCNC(N)=NCCCSCC(C)C)cc1OC.I. The highest BCUT2D eigenvalue weighted by molar-refractivity contribution is 14.0. The fraction of sp³-hybridized carbons (Fsp3) is 0.611. The molecular weight excluding hydrogens is 449 g/mol. The summed E-state index contributed by atoms with van der Waals surface area (Å²) in [6.45, 7) is 6.00. The van der Waals surface area contributed by atoms with E-state index in [0.717, 1.165) is 54.7 Å². The number of rotatable bonds is 11. The molecule has 0 radical (unpaired) electrons. The van der Waals surface area contributed by atoms with E-state index in [-0.39, 0.29) is 24.0 Å². The third-order valence-corrected chi connectivity index (χ3v) is 4.83. The van der Waals surface area contributed by atoms with E-state index in [1.807, 2.05) is 30.0 Å². The predicted molar refractivity (Wildman–Crippen MR) is 120 cm³/mol. The summed E-state index contributed by atoms with van der Waals surface area (Å²) in [5.74, 6) is 5.11. The van der Waals surface area contributed by atoms with Gasteiger partial charge >= 0.3 is 0 Å². The van der Waals surface area contributed by atoms with Crippen LogP contribution in [-0.2, 0) is 6.42 Å². The smallest absolute Gasteiger partial charge is 0.188 e. The summed E-state index contributed by atoms with van der Waals surface area (Å²) < 4.78 is 10.5. The Hall–Kier alpha value is -0.830. The number of nitrogens with zero attached hydrogens (tertiary/aromatic N) is 1. The molecule has 0 bridgehead atoms. The van der Waals surface area contributed by atoms with Gasteiger partial charge in [0.05, 0.1) is 14.2 Å². The van der Waals surface area contributed by atoms with Crippen LogP contribution in [0.5, 0.6) is 11.5 Å². The summed E-state index contributed by atoms with van der Waals surface area (Å²) in [4.78, 5) is 4.36. The quantitative estimate of drug-likeness (QED) is 0.219. The van der Waals surface area contributed by atoms with Crippen molar-refractivity contribution >= 4 is 41.7 Å². The van der Waals surface area contributed by atoms with Crippen molar-refractivity contribution in [3.05, 3.63) is 23.8 Å². The van der Waals surface area contributed by atoms with Crippen molar-refractivity contribution in [3.8, 4) is 11.5 Å². The number of ether oxygens (including phenoxy) is 2. The number of nitrogens with two attached hydrogens (primary N) is 1. The van der Waals surface area contributed by atoms with Crippen LogP contribution >= 0.6 is 35.7 Å². The summed E-state index contributed by atoms with van der Waals surface area (Å²) in [6.07, 6.45) is 1.91. The maximum Gasteiger partial charge on any atom is 0.188 e. The Kier molecular flexibility index (Phi) is 13.9. The molecule has 0 saturated heterocycles. The average molecular weight is 481 g/mol. The van der Waals surface area contributed by atoms with Gasteiger partial charge in [0.15, 0.2) is 17.5 Å². The zero-order valence-corrected chi connectivity index (χ0v) is 18.9. The topological polar surface area (TPSA) is 68.9 Å². The number of nitrogens with one attached hydrogen (secondary N) is 1. The molecule has 0 atom stereocenters. The monoisotopic (exact) mass is 481 g/mol. The number of hydrogen-bond donors (Lipinski definition) is 2. The standard InChI is InChI=1S/C18H31N3O2S.HI/c1-14(2)13-24-11-5-9-20-18(19)21-10-8-15-6-7-16(22-3)17(12-15)23-4;/h6-7,12,14H,5,8-11,13H2,1-4H3,(H3,19,20,21);1H. The predicted octanol–water partition coefficient (Wildman–Crippen LogP) is 3.55. The molecule has 0 amide bonds. The van der Waals surface area contributed by atoms with Crippen molar-refractivity contribution in [2.75, 3.05) is 38.8 Å². The molecule has 25 heavy (non-hydrogen) atoms. The molecule has 7 heteroatoms. The van der Waals surface area contributed by atoms with E-state index in [4.69, 9.17) is 15.2 Å². The highest BCUT2D eigenvalue weighted by Gasteiger charge is 2.04. The zero-order chi connectivity index (χ0) is 17.8. The van der Waals surface area contributed by atoms with Gasteiger partial charge in [-0.15, -0.1) is 24.0 Å². The van der Waals surface area contributed by atoms with Gasteiger partial charge in [-0.3, -0.25) is 4.99 Å². The van der Waals surface area contributed by atoms with Crippen LogP contribution < -0.4 is 20.5 Å². The largest absolute Gasteiger partial charge is 0.493 e. The van der Waals surface area contributed by atoms with Gasteiger partial charge in [-0.1, -0.05) is 19.9 Å². The molecule has 3 N–H and O–H groups in total. The van der Waals surface area contributed by atoms with Gasteiger partial charge in [0.2, 0.25) is 0 Å². The number of benzene rings is 1. The Labute approximate surface area is 173 Å². The Morgan fingerprint density at radius 3 is 2.60 bits per heavy atom. The van der Waals surface area contributed by atoms with Crippen LogP contribution in [0.15, 0.2) is 23.2 Å². The van der Waals surface area contributed by atoms with Gasteiger partial charge in [0.1, 0.15) is 0 Å². The van der Waals surface area contributed by atoms with Gasteiger partial charge in [0, 0.05) is 13.1 Å². The molecule has 0 spiro atoms. The first-order valence-electron chi connectivity index (χ1n) is 8.39. The minimum atomic E-state index is 0. The zero-order valence-electron chi connectivity index (χ0n) is 15.7. The molecule has 5 nitrogen and oxygen atoms in total. The van der Waals surface area contributed by atoms with E-state index in [1.54, 1.807) is 14.2 Å². The Morgan fingerprint density at radius 1 is 1.24 bits per heavy atom. The number of guanidine groups is 1. The molecular formula is C18H32IN3O2S. The second-order valence-corrected chi connectivity index (χ2v) is 7.11. The number of methoxy groups -OCH3 is 2. The molecule has 0 heterocycles. The van der Waals surface area contributed by atoms with Gasteiger partial charge in [-0.2, -0.15) is 11.8 Å².